The first-order valence-electron chi connectivity index (χ1n) is 10.8. The second-order valence-electron chi connectivity index (χ2n) is 7.67. The third kappa shape index (κ3) is 4.52. The highest BCUT2D eigenvalue weighted by Crippen LogP contribution is 2.36. The normalized spacial score (nSPS) is 11.2. The number of carbonyl (C=O) groups is 1. The van der Waals surface area contributed by atoms with Gasteiger partial charge in [0.1, 0.15) is 16.6 Å². The molecule has 5 aromatic rings. The fourth-order valence-corrected chi connectivity index (χ4v) is 4.67. The van der Waals surface area contributed by atoms with Gasteiger partial charge in [0.2, 0.25) is 0 Å². The Morgan fingerprint density at radius 1 is 1.06 bits per heavy atom. The Bertz CT molecular complexity index is 1540. The van der Waals surface area contributed by atoms with Crippen LogP contribution in [0.25, 0.3) is 22.4 Å². The Morgan fingerprint density at radius 2 is 1.91 bits per heavy atom. The summed E-state index contributed by atoms with van der Waals surface area (Å²) in [6, 6.07) is 16.1. The van der Waals surface area contributed by atoms with E-state index in [2.05, 4.69) is 9.97 Å². The van der Waals surface area contributed by atoms with Gasteiger partial charge < -0.3 is 13.7 Å². The first kappa shape index (κ1) is 23.4. The molecule has 0 N–H and O–H groups in total. The minimum atomic E-state index is -0.447. The smallest absolute Gasteiger partial charge is 0.269 e. The zero-order valence-electron chi connectivity index (χ0n) is 18.5. The van der Waals surface area contributed by atoms with Gasteiger partial charge in [-0.05, 0) is 55.0 Å². The molecular formula is C26H18Cl3N3O3. The summed E-state index contributed by atoms with van der Waals surface area (Å²) in [6.45, 7) is 2.71. The number of oxazole rings is 1. The Hall–Kier alpha value is -3.32. The van der Waals surface area contributed by atoms with E-state index >= 15 is 0 Å². The number of rotatable bonds is 7. The molecule has 0 atom stereocenters. The molecule has 9 heteroatoms. The minimum Gasteiger partial charge on any atom is -0.494 e. The first-order valence-corrected chi connectivity index (χ1v) is 11.9. The van der Waals surface area contributed by atoms with Crippen LogP contribution in [0, 0.1) is 0 Å². The van der Waals surface area contributed by atoms with Gasteiger partial charge in [0.15, 0.2) is 5.76 Å². The van der Waals surface area contributed by atoms with Crippen LogP contribution in [0.3, 0.4) is 0 Å². The van der Waals surface area contributed by atoms with Crippen LogP contribution in [-0.2, 0) is 6.54 Å². The van der Waals surface area contributed by atoms with Crippen LogP contribution in [0.15, 0.2) is 71.4 Å². The molecule has 35 heavy (non-hydrogen) atoms. The zero-order chi connectivity index (χ0) is 24.5. The van der Waals surface area contributed by atoms with Crippen LogP contribution in [0.2, 0.25) is 15.2 Å². The number of ether oxygens (including phenoxy) is 1. The predicted octanol–water partition coefficient (Wildman–Crippen LogP) is 7.33. The molecule has 0 saturated carbocycles. The standard InChI is InChI=1S/C26H18Cl3N3O3/c1-2-34-17-8-9-21-18(12-17)23(25(29)32(21)14-15-6-7-16(27)11-19(15)28)24(33)26-31-13-22(35-26)20-5-3-4-10-30-20/h3-13H,2,14H2,1H3. The van der Waals surface area contributed by atoms with Crippen LogP contribution in [-0.4, -0.2) is 26.9 Å². The van der Waals surface area contributed by atoms with Gasteiger partial charge in [-0.15, -0.1) is 0 Å². The second kappa shape index (κ2) is 9.74. The lowest BCUT2D eigenvalue weighted by Crippen LogP contribution is -2.04. The van der Waals surface area contributed by atoms with Gasteiger partial charge in [-0.2, -0.15) is 0 Å². The maximum Gasteiger partial charge on any atom is 0.269 e. The van der Waals surface area contributed by atoms with Crippen molar-refractivity contribution in [2.24, 2.45) is 0 Å². The summed E-state index contributed by atoms with van der Waals surface area (Å²) in [5.74, 6) is 0.473. The van der Waals surface area contributed by atoms with Crippen LogP contribution >= 0.6 is 34.8 Å². The van der Waals surface area contributed by atoms with Gasteiger partial charge >= 0.3 is 0 Å². The van der Waals surface area contributed by atoms with E-state index in [1.807, 2.05) is 35.8 Å². The second-order valence-corrected chi connectivity index (χ2v) is 8.88. The maximum atomic E-state index is 13.6. The Labute approximate surface area is 216 Å². The van der Waals surface area contributed by atoms with E-state index in [1.54, 1.807) is 36.5 Å². The summed E-state index contributed by atoms with van der Waals surface area (Å²) in [5, 5.41) is 1.89. The van der Waals surface area contributed by atoms with Crippen molar-refractivity contribution >= 4 is 51.5 Å². The van der Waals surface area contributed by atoms with E-state index in [4.69, 9.17) is 44.0 Å². The third-order valence-electron chi connectivity index (χ3n) is 5.47. The van der Waals surface area contributed by atoms with E-state index in [1.165, 1.54) is 6.20 Å². The van der Waals surface area contributed by atoms with E-state index in [9.17, 15) is 4.79 Å². The molecule has 0 aliphatic heterocycles. The number of ketones is 1. The van der Waals surface area contributed by atoms with Crippen LogP contribution in [0.5, 0.6) is 5.75 Å². The van der Waals surface area contributed by atoms with E-state index < -0.39 is 5.78 Å². The minimum absolute atomic E-state index is 0.0852. The highest BCUT2D eigenvalue weighted by molar-refractivity contribution is 6.37. The number of carbonyl (C=O) groups excluding carboxylic acids is 1. The zero-order valence-corrected chi connectivity index (χ0v) is 20.7. The highest BCUT2D eigenvalue weighted by atomic mass is 35.5. The van der Waals surface area contributed by atoms with Gasteiger partial charge in [0.25, 0.3) is 11.7 Å². The lowest BCUT2D eigenvalue weighted by Gasteiger charge is -2.10. The molecule has 0 radical (unpaired) electrons. The first-order chi connectivity index (χ1) is 17.0. The quantitative estimate of drug-likeness (QED) is 0.208. The summed E-state index contributed by atoms with van der Waals surface area (Å²) >= 11 is 19.3. The molecule has 0 aliphatic rings. The Balaban J connectivity index is 1.62. The topological polar surface area (TPSA) is 70.2 Å². The van der Waals surface area contributed by atoms with E-state index in [-0.39, 0.29) is 16.6 Å². The van der Waals surface area contributed by atoms with Crippen molar-refractivity contribution in [1.29, 1.82) is 0 Å². The monoisotopic (exact) mass is 525 g/mol. The molecule has 6 nitrogen and oxygen atoms in total. The summed E-state index contributed by atoms with van der Waals surface area (Å²) in [6.07, 6.45) is 3.11. The maximum absolute atomic E-state index is 13.6. The lowest BCUT2D eigenvalue weighted by atomic mass is 10.1. The summed E-state index contributed by atoms with van der Waals surface area (Å²) in [7, 11) is 0. The Kier molecular flexibility index (Phi) is 6.52. The van der Waals surface area contributed by atoms with E-state index in [0.717, 1.165) is 11.1 Å². The van der Waals surface area contributed by atoms with Crippen molar-refractivity contribution in [3.63, 3.8) is 0 Å². The van der Waals surface area contributed by atoms with E-state index in [0.29, 0.717) is 45.8 Å². The van der Waals surface area contributed by atoms with Gasteiger partial charge in [-0.1, -0.05) is 46.9 Å². The van der Waals surface area contributed by atoms with Crippen molar-refractivity contribution in [3.8, 4) is 17.2 Å². The molecule has 0 unspecified atom stereocenters. The average molecular weight is 527 g/mol. The number of hydrogen-bond acceptors (Lipinski definition) is 5. The summed E-state index contributed by atoms with van der Waals surface area (Å²) in [4.78, 5) is 22.1. The Morgan fingerprint density at radius 3 is 2.66 bits per heavy atom. The lowest BCUT2D eigenvalue weighted by molar-refractivity contribution is 0.100. The fraction of sp³-hybridized carbons (Fsp3) is 0.115. The molecule has 3 heterocycles. The predicted molar refractivity (Wildman–Crippen MR) is 137 cm³/mol. The average Bonchev–Trinajstić information content (AvgIpc) is 3.45. The van der Waals surface area contributed by atoms with Crippen LogP contribution in [0.1, 0.15) is 28.7 Å². The largest absolute Gasteiger partial charge is 0.494 e. The number of benzene rings is 2. The highest BCUT2D eigenvalue weighted by Gasteiger charge is 2.27. The van der Waals surface area contributed by atoms with Gasteiger partial charge in [-0.25, -0.2) is 4.98 Å². The van der Waals surface area contributed by atoms with Crippen molar-refractivity contribution in [2.75, 3.05) is 6.61 Å². The molecule has 0 bridgehead atoms. The van der Waals surface area contributed by atoms with Gasteiger partial charge in [-0.3, -0.25) is 9.78 Å². The van der Waals surface area contributed by atoms with Crippen molar-refractivity contribution in [2.45, 2.75) is 13.5 Å². The molecule has 5 rings (SSSR count). The molecule has 176 valence electrons. The van der Waals surface area contributed by atoms with Crippen molar-refractivity contribution < 1.29 is 13.9 Å². The SMILES string of the molecule is CCOc1ccc2c(c1)c(C(=O)c1ncc(-c3ccccn3)o1)c(Cl)n2Cc1ccc(Cl)cc1Cl. The number of nitrogens with zero attached hydrogens (tertiary/aromatic N) is 3. The van der Waals surface area contributed by atoms with Gasteiger partial charge in [0, 0.05) is 21.6 Å². The molecule has 2 aromatic carbocycles. The third-order valence-corrected chi connectivity index (χ3v) is 6.45. The molecule has 0 amide bonds. The number of aromatic nitrogens is 3. The number of pyridine rings is 1. The summed E-state index contributed by atoms with van der Waals surface area (Å²) < 4.78 is 13.3. The molecular weight excluding hydrogens is 509 g/mol. The molecule has 0 saturated heterocycles. The van der Waals surface area contributed by atoms with Crippen molar-refractivity contribution in [3.05, 3.63) is 99.2 Å². The molecule has 0 fully saturated rings. The number of fused-ring (bicyclic) bond motifs is 1. The van der Waals surface area contributed by atoms with Crippen molar-refractivity contribution in [1.82, 2.24) is 14.5 Å². The number of hydrogen-bond donors (Lipinski definition) is 0. The molecule has 0 aliphatic carbocycles. The number of halogens is 3. The summed E-state index contributed by atoms with van der Waals surface area (Å²) in [5.41, 5.74) is 2.38. The molecule has 0 spiro atoms. The fourth-order valence-electron chi connectivity index (χ4n) is 3.86. The van der Waals surface area contributed by atoms with Crippen LogP contribution < -0.4 is 4.74 Å². The van der Waals surface area contributed by atoms with Gasteiger partial charge in [0.05, 0.1) is 30.4 Å². The van der Waals surface area contributed by atoms with Crippen LogP contribution in [0.4, 0.5) is 0 Å². The molecule has 3 aromatic heterocycles.